The average molecular weight is 642 g/mol. The van der Waals surface area contributed by atoms with E-state index in [-0.39, 0.29) is 31.1 Å². The summed E-state index contributed by atoms with van der Waals surface area (Å²) in [4.78, 5) is 9.57. The normalized spacial score (nSPS) is 16.9. The van der Waals surface area contributed by atoms with Crippen LogP contribution in [0.3, 0.4) is 0 Å². The Hall–Kier alpha value is -0.338. The molecule has 1 aliphatic rings. The molecule has 4 nitrogen and oxygen atoms in total. The summed E-state index contributed by atoms with van der Waals surface area (Å²) in [6.07, 6.45) is 6.22. The van der Waals surface area contributed by atoms with E-state index < -0.39 is 0 Å². The third-order valence-electron chi connectivity index (χ3n) is 5.99. The molecule has 0 aromatic heterocycles. The Bertz CT molecular complexity index is 570. The maximum Gasteiger partial charge on any atom is 0.119 e. The minimum Gasteiger partial charge on any atom is -0.494 e. The Labute approximate surface area is 210 Å². The van der Waals surface area contributed by atoms with E-state index in [1.165, 1.54) is 50.0 Å². The molecule has 1 heterocycles. The second-order valence-corrected chi connectivity index (χ2v) is 7.85. The van der Waals surface area contributed by atoms with Gasteiger partial charge >= 0.3 is 0 Å². The van der Waals surface area contributed by atoms with Crippen LogP contribution >= 0.6 is 0 Å². The maximum absolute atomic E-state index is 5.94. The number of hydrogen-bond acceptors (Lipinski definition) is 4. The zero-order chi connectivity index (χ0) is 21.6. The van der Waals surface area contributed by atoms with Crippen LogP contribution in [0.25, 0.3) is 0 Å². The van der Waals surface area contributed by atoms with Crippen molar-refractivity contribution in [1.82, 2.24) is 9.80 Å². The van der Waals surface area contributed by atoms with Gasteiger partial charge in [-0.05, 0) is 89.5 Å². The first-order chi connectivity index (χ1) is 14.1. The standard InChI is InChI=1S/C23H39N3O.C2H6.U/c1-6-19(2)25(5)15-10-18-27-22-13-11-21(12-14-22)23(24-4)20(3)26-16-8-7-9-17-26;1-2;/h11-14,19-20H,6-10,15-18H2,1-5H3;1-2H3;. The van der Waals surface area contributed by atoms with Crippen LogP contribution in [0.1, 0.15) is 72.3 Å². The summed E-state index contributed by atoms with van der Waals surface area (Å²) >= 11 is 0. The van der Waals surface area contributed by atoms with Gasteiger partial charge in [-0.25, -0.2) is 0 Å². The van der Waals surface area contributed by atoms with E-state index >= 15 is 0 Å². The predicted octanol–water partition coefficient (Wildman–Crippen LogP) is 5.51. The number of aliphatic imine (C=N–C) groups is 1. The zero-order valence-corrected chi connectivity index (χ0v) is 24.7. The van der Waals surface area contributed by atoms with Crippen molar-refractivity contribution in [1.29, 1.82) is 0 Å². The SMILES string of the molecule is CC.CCC(C)N(C)CCCOc1ccc(C(=NC)C(C)N2CCCCC2)cc1.[U]. The summed E-state index contributed by atoms with van der Waals surface area (Å²) in [6.45, 7) is 15.0. The van der Waals surface area contributed by atoms with Gasteiger partial charge in [-0.3, -0.25) is 9.89 Å². The van der Waals surface area contributed by atoms with Gasteiger partial charge < -0.3 is 9.64 Å². The molecular weight excluding hydrogens is 596 g/mol. The molecule has 0 radical (unpaired) electrons. The van der Waals surface area contributed by atoms with E-state index in [4.69, 9.17) is 4.74 Å². The molecule has 0 aliphatic carbocycles. The van der Waals surface area contributed by atoms with E-state index in [0.29, 0.717) is 12.1 Å². The number of nitrogens with zero attached hydrogens (tertiary/aromatic N) is 3. The van der Waals surface area contributed by atoms with Gasteiger partial charge in [-0.15, -0.1) is 0 Å². The van der Waals surface area contributed by atoms with E-state index in [9.17, 15) is 0 Å². The second kappa shape index (κ2) is 17.2. The summed E-state index contributed by atoms with van der Waals surface area (Å²) in [7, 11) is 4.10. The number of ether oxygens (including phenoxy) is 1. The van der Waals surface area contributed by atoms with Crippen molar-refractivity contribution in [2.75, 3.05) is 40.3 Å². The van der Waals surface area contributed by atoms with Crippen LogP contribution in [0.4, 0.5) is 0 Å². The Balaban J connectivity index is 0.00000272. The minimum absolute atomic E-state index is 0. The van der Waals surface area contributed by atoms with Crippen molar-refractivity contribution in [2.45, 2.75) is 78.8 Å². The number of rotatable bonds is 10. The van der Waals surface area contributed by atoms with Gasteiger partial charge in [0.15, 0.2) is 0 Å². The Morgan fingerprint density at radius 1 is 1.10 bits per heavy atom. The number of piperidine rings is 1. The van der Waals surface area contributed by atoms with Crippen molar-refractivity contribution < 1.29 is 35.9 Å². The van der Waals surface area contributed by atoms with Crippen LogP contribution < -0.4 is 4.74 Å². The molecule has 1 aromatic carbocycles. The third-order valence-corrected chi connectivity index (χ3v) is 5.99. The van der Waals surface area contributed by atoms with E-state index in [0.717, 1.165) is 25.3 Å². The average Bonchev–Trinajstić information content (AvgIpc) is 2.79. The first kappa shape index (κ1) is 29.7. The molecule has 1 fully saturated rings. The van der Waals surface area contributed by atoms with Crippen molar-refractivity contribution in [3.05, 3.63) is 29.8 Å². The molecule has 170 valence electrons. The van der Waals surface area contributed by atoms with Crippen LogP contribution in [-0.2, 0) is 0 Å². The first-order valence-corrected chi connectivity index (χ1v) is 11.7. The molecular formula is C25H45N3OU. The molecule has 30 heavy (non-hydrogen) atoms. The zero-order valence-electron chi connectivity index (χ0n) is 20.6. The molecule has 5 heteroatoms. The van der Waals surface area contributed by atoms with E-state index in [2.05, 4.69) is 66.9 Å². The fraction of sp³-hybridized carbons (Fsp3) is 0.720. The Kier molecular flexibility index (Phi) is 17.1. The fourth-order valence-corrected chi connectivity index (χ4v) is 3.79. The minimum atomic E-state index is 0. The van der Waals surface area contributed by atoms with Gasteiger partial charge in [0.1, 0.15) is 5.75 Å². The topological polar surface area (TPSA) is 28.1 Å². The number of benzene rings is 1. The molecule has 2 atom stereocenters. The summed E-state index contributed by atoms with van der Waals surface area (Å²) in [5.74, 6) is 0.950. The number of likely N-dealkylation sites (tertiary alicyclic amines) is 1. The molecule has 0 saturated carbocycles. The van der Waals surface area contributed by atoms with Crippen molar-refractivity contribution in [3.63, 3.8) is 0 Å². The smallest absolute Gasteiger partial charge is 0.119 e. The summed E-state index contributed by atoms with van der Waals surface area (Å²) < 4.78 is 5.94. The molecule has 0 spiro atoms. The monoisotopic (exact) mass is 641 g/mol. The van der Waals surface area contributed by atoms with Gasteiger partial charge in [0.2, 0.25) is 0 Å². The van der Waals surface area contributed by atoms with Crippen molar-refractivity contribution >= 4 is 5.71 Å². The van der Waals surface area contributed by atoms with Gasteiger partial charge in [0, 0.05) is 56.8 Å². The van der Waals surface area contributed by atoms with Gasteiger partial charge in [-0.2, -0.15) is 0 Å². The van der Waals surface area contributed by atoms with Crippen LogP contribution in [0.5, 0.6) is 5.75 Å². The van der Waals surface area contributed by atoms with Crippen molar-refractivity contribution in [3.8, 4) is 5.75 Å². The van der Waals surface area contributed by atoms with E-state index in [1.54, 1.807) is 0 Å². The number of hydrogen-bond donors (Lipinski definition) is 0. The predicted molar refractivity (Wildman–Crippen MR) is 128 cm³/mol. The van der Waals surface area contributed by atoms with Crippen LogP contribution in [0.15, 0.2) is 29.3 Å². The van der Waals surface area contributed by atoms with Gasteiger partial charge in [0.25, 0.3) is 0 Å². The molecule has 2 rings (SSSR count). The quantitative estimate of drug-likeness (QED) is 0.250. The third kappa shape index (κ3) is 9.86. The molecule has 0 N–H and O–H groups in total. The van der Waals surface area contributed by atoms with E-state index in [1.807, 2.05) is 20.9 Å². The fourth-order valence-electron chi connectivity index (χ4n) is 3.79. The first-order valence-electron chi connectivity index (χ1n) is 11.7. The van der Waals surface area contributed by atoms with Crippen LogP contribution in [-0.4, -0.2) is 67.9 Å². The van der Waals surface area contributed by atoms with Crippen LogP contribution in [0, 0.1) is 31.1 Å². The van der Waals surface area contributed by atoms with Crippen molar-refractivity contribution in [2.24, 2.45) is 4.99 Å². The molecule has 1 aliphatic heterocycles. The molecule has 0 amide bonds. The summed E-state index contributed by atoms with van der Waals surface area (Å²) in [5, 5.41) is 0. The van der Waals surface area contributed by atoms with Gasteiger partial charge in [-0.1, -0.05) is 27.2 Å². The molecule has 1 aromatic rings. The summed E-state index contributed by atoms with van der Waals surface area (Å²) in [6, 6.07) is 9.49. The van der Waals surface area contributed by atoms with Gasteiger partial charge in [0.05, 0.1) is 12.3 Å². The van der Waals surface area contributed by atoms with Crippen LogP contribution in [0.2, 0.25) is 0 Å². The molecule has 1 saturated heterocycles. The summed E-state index contributed by atoms with van der Waals surface area (Å²) in [5.41, 5.74) is 2.39. The molecule has 0 bridgehead atoms. The second-order valence-electron chi connectivity index (χ2n) is 7.85. The Morgan fingerprint density at radius 3 is 2.23 bits per heavy atom. The Morgan fingerprint density at radius 2 is 1.70 bits per heavy atom. The largest absolute Gasteiger partial charge is 0.494 e. The molecule has 2 unspecified atom stereocenters. The maximum atomic E-state index is 5.94.